The van der Waals surface area contributed by atoms with E-state index >= 15 is 0 Å². The Bertz CT molecular complexity index is 1140. The molecule has 3 atom stereocenters. The van der Waals surface area contributed by atoms with Gasteiger partial charge >= 0.3 is 6.03 Å². The third kappa shape index (κ3) is 7.54. The Morgan fingerprint density at radius 3 is 2.62 bits per heavy atom. The molecule has 1 saturated carbocycles. The molecular weight excluding hydrogens is 510 g/mol. The maximum Gasteiger partial charge on any atom is 0.323 e. The van der Waals surface area contributed by atoms with Crippen molar-refractivity contribution >= 4 is 23.3 Å². The molecule has 10 heteroatoms. The van der Waals surface area contributed by atoms with Crippen LogP contribution in [0.3, 0.4) is 0 Å². The molecule has 40 heavy (non-hydrogen) atoms. The van der Waals surface area contributed by atoms with E-state index in [-0.39, 0.29) is 37.0 Å². The number of aromatic nitrogens is 1. The number of hydrogen-bond acceptors (Lipinski definition) is 7. The van der Waals surface area contributed by atoms with Crippen LogP contribution in [0.5, 0.6) is 5.75 Å². The van der Waals surface area contributed by atoms with Crippen LogP contribution in [0.15, 0.2) is 22.7 Å². The molecule has 1 fully saturated rings. The average Bonchev–Trinajstić information content (AvgIpc) is 3.25. The van der Waals surface area contributed by atoms with Crippen molar-refractivity contribution in [2.45, 2.75) is 78.4 Å². The van der Waals surface area contributed by atoms with E-state index < -0.39 is 6.03 Å². The molecule has 1 aromatic carbocycles. The lowest BCUT2D eigenvalue weighted by atomic mass is 9.89. The summed E-state index contributed by atoms with van der Waals surface area (Å²) >= 11 is 0. The van der Waals surface area contributed by atoms with Crippen molar-refractivity contribution in [3.8, 4) is 5.75 Å². The van der Waals surface area contributed by atoms with Crippen molar-refractivity contribution in [2.24, 2.45) is 11.8 Å². The number of aryl methyl sites for hydroxylation is 2. The number of rotatable bonds is 8. The summed E-state index contributed by atoms with van der Waals surface area (Å²) in [6, 6.07) is 4.67. The first kappa shape index (κ1) is 29.9. The number of ether oxygens (including phenoxy) is 1. The summed E-state index contributed by atoms with van der Waals surface area (Å²) in [7, 11) is 2.15. The number of carbonyl (C=O) groups excluding carboxylic acids is 2. The molecule has 1 aliphatic carbocycles. The molecule has 2 aromatic rings. The van der Waals surface area contributed by atoms with E-state index in [9.17, 15) is 14.7 Å². The molecule has 2 aliphatic rings. The summed E-state index contributed by atoms with van der Waals surface area (Å²) < 4.78 is 11.8. The lowest BCUT2D eigenvalue weighted by molar-refractivity contribution is -0.134. The number of carbonyl (C=O) groups is 2. The molecular formula is C30H45N5O5. The van der Waals surface area contributed by atoms with Gasteiger partial charge in [-0.05, 0) is 64.8 Å². The van der Waals surface area contributed by atoms with E-state index in [0.29, 0.717) is 40.7 Å². The number of anilines is 2. The molecule has 3 amide bonds. The van der Waals surface area contributed by atoms with Crippen molar-refractivity contribution in [3.05, 3.63) is 35.2 Å². The molecule has 10 nitrogen and oxygen atoms in total. The Balaban J connectivity index is 1.54. The molecule has 0 unspecified atom stereocenters. The predicted octanol–water partition coefficient (Wildman–Crippen LogP) is 4.60. The summed E-state index contributed by atoms with van der Waals surface area (Å²) in [6.07, 6.45) is 6.49. The van der Waals surface area contributed by atoms with Crippen LogP contribution < -0.4 is 15.4 Å². The molecule has 0 radical (unpaired) electrons. The Labute approximate surface area is 237 Å². The zero-order valence-corrected chi connectivity index (χ0v) is 24.5. The second-order valence-electron chi connectivity index (χ2n) is 11.7. The van der Waals surface area contributed by atoms with Crippen molar-refractivity contribution in [1.82, 2.24) is 15.0 Å². The highest BCUT2D eigenvalue weighted by molar-refractivity contribution is 6.00. The van der Waals surface area contributed by atoms with Gasteiger partial charge in [-0.2, -0.15) is 0 Å². The summed E-state index contributed by atoms with van der Waals surface area (Å²) in [4.78, 5) is 30.3. The number of urea groups is 1. The van der Waals surface area contributed by atoms with Crippen LogP contribution in [0.1, 0.15) is 63.0 Å². The lowest BCUT2D eigenvalue weighted by Gasteiger charge is -2.35. The number of amides is 3. The zero-order valence-electron chi connectivity index (χ0n) is 24.5. The molecule has 0 saturated heterocycles. The number of nitrogens with one attached hydrogen (secondary N) is 2. The first-order valence-electron chi connectivity index (χ1n) is 14.5. The van der Waals surface area contributed by atoms with Crippen LogP contribution in [0.4, 0.5) is 16.2 Å². The molecule has 220 valence electrons. The molecule has 1 aromatic heterocycles. The Morgan fingerprint density at radius 2 is 1.95 bits per heavy atom. The first-order valence-corrected chi connectivity index (χ1v) is 14.5. The van der Waals surface area contributed by atoms with Gasteiger partial charge < -0.3 is 34.8 Å². The lowest BCUT2D eigenvalue weighted by Crippen LogP contribution is -2.48. The fraction of sp³-hybridized carbons (Fsp3) is 0.633. The second-order valence-corrected chi connectivity index (χ2v) is 11.7. The van der Waals surface area contributed by atoms with E-state index in [1.807, 2.05) is 13.0 Å². The number of nitrogens with zero attached hydrogens (tertiary/aromatic N) is 3. The van der Waals surface area contributed by atoms with Gasteiger partial charge in [-0.3, -0.25) is 4.79 Å². The largest absolute Gasteiger partial charge is 0.488 e. The molecule has 0 spiro atoms. The minimum atomic E-state index is -0.434. The van der Waals surface area contributed by atoms with Crippen molar-refractivity contribution in [1.29, 1.82) is 0 Å². The van der Waals surface area contributed by atoms with Crippen molar-refractivity contribution in [2.75, 3.05) is 43.9 Å². The van der Waals surface area contributed by atoms with Gasteiger partial charge in [-0.1, -0.05) is 31.3 Å². The van der Waals surface area contributed by atoms with E-state index in [4.69, 9.17) is 9.26 Å². The van der Waals surface area contributed by atoms with Crippen molar-refractivity contribution in [3.63, 3.8) is 0 Å². The number of fused-ring (bicyclic) bond motifs is 1. The third-order valence-electron chi connectivity index (χ3n) is 8.23. The maximum atomic E-state index is 13.5. The minimum Gasteiger partial charge on any atom is -0.488 e. The van der Waals surface area contributed by atoms with Gasteiger partial charge in [0.1, 0.15) is 23.2 Å². The summed E-state index contributed by atoms with van der Waals surface area (Å²) in [5.41, 5.74) is 2.36. The van der Waals surface area contributed by atoms with Crippen LogP contribution in [-0.4, -0.2) is 77.4 Å². The van der Waals surface area contributed by atoms with Gasteiger partial charge in [-0.15, -0.1) is 0 Å². The molecule has 1 aliphatic heterocycles. The van der Waals surface area contributed by atoms with Crippen LogP contribution in [0, 0.1) is 25.7 Å². The number of aliphatic hydroxyl groups is 1. The number of benzene rings is 1. The summed E-state index contributed by atoms with van der Waals surface area (Å²) in [5, 5.41) is 19.4. The van der Waals surface area contributed by atoms with Gasteiger partial charge in [0.25, 0.3) is 0 Å². The van der Waals surface area contributed by atoms with Crippen LogP contribution in [0.25, 0.3) is 0 Å². The minimum absolute atomic E-state index is 0.0522. The topological polar surface area (TPSA) is 120 Å². The molecule has 3 N–H and O–H groups in total. The zero-order chi connectivity index (χ0) is 28.8. The quantitative estimate of drug-likeness (QED) is 0.436. The van der Waals surface area contributed by atoms with Gasteiger partial charge in [0.05, 0.1) is 19.1 Å². The van der Waals surface area contributed by atoms with E-state index in [0.717, 1.165) is 19.0 Å². The van der Waals surface area contributed by atoms with Gasteiger partial charge in [0.2, 0.25) is 5.91 Å². The van der Waals surface area contributed by atoms with E-state index in [1.165, 1.54) is 32.1 Å². The van der Waals surface area contributed by atoms with Crippen LogP contribution >= 0.6 is 0 Å². The van der Waals surface area contributed by atoms with E-state index in [2.05, 4.69) is 34.7 Å². The normalized spacial score (nSPS) is 21.2. The molecule has 2 heterocycles. The number of aliphatic hydroxyl groups excluding tert-OH is 1. The van der Waals surface area contributed by atoms with Gasteiger partial charge in [0.15, 0.2) is 5.76 Å². The van der Waals surface area contributed by atoms with Gasteiger partial charge in [0, 0.05) is 36.8 Å². The average molecular weight is 556 g/mol. The predicted molar refractivity (Wildman–Crippen MR) is 155 cm³/mol. The smallest absolute Gasteiger partial charge is 0.323 e. The first-order chi connectivity index (χ1) is 19.1. The van der Waals surface area contributed by atoms with Crippen LogP contribution in [0.2, 0.25) is 0 Å². The monoisotopic (exact) mass is 555 g/mol. The Kier molecular flexibility index (Phi) is 10.1. The number of likely N-dealkylation sites (N-methyl/N-ethyl adjacent to an activating group) is 1. The second kappa shape index (κ2) is 13.5. The number of hydrogen-bond donors (Lipinski definition) is 3. The molecule has 0 bridgehead atoms. The third-order valence-corrected chi connectivity index (χ3v) is 8.23. The van der Waals surface area contributed by atoms with Crippen molar-refractivity contribution < 1.29 is 24.0 Å². The fourth-order valence-electron chi connectivity index (χ4n) is 5.85. The van der Waals surface area contributed by atoms with E-state index in [1.54, 1.807) is 30.9 Å². The highest BCUT2D eigenvalue weighted by atomic mass is 16.5. The fourth-order valence-corrected chi connectivity index (χ4v) is 5.85. The standard InChI is InChI=1S/C30H45N5O5/c1-19-15-35(20(2)18-36)28(37)14-24-13-25(31-30(38)32-29-21(3)33-40-22(29)4)11-12-26(24)39-27(19)17-34(5)16-23-9-7-6-8-10-23/h11-13,19-20,23,27,36H,6-10,14-18H2,1-5H3,(H2,31,32,38)/t19-,20+,27-/m1/s1. The maximum absolute atomic E-state index is 13.5. The van der Waals surface area contributed by atoms with Crippen LogP contribution in [-0.2, 0) is 11.2 Å². The molecule has 4 rings (SSSR count). The Morgan fingerprint density at radius 1 is 1.20 bits per heavy atom. The Hall–Kier alpha value is -3.11. The highest BCUT2D eigenvalue weighted by Gasteiger charge is 2.31. The SMILES string of the molecule is Cc1noc(C)c1NC(=O)Nc1ccc2c(c1)CC(=O)N([C@@H](C)CO)C[C@@H](C)[C@@H](CN(C)CC1CCCCC1)O2. The highest BCUT2D eigenvalue weighted by Crippen LogP contribution is 2.30. The summed E-state index contributed by atoms with van der Waals surface area (Å²) in [5.74, 6) is 1.86. The summed E-state index contributed by atoms with van der Waals surface area (Å²) in [6.45, 7) is 9.64. The van der Waals surface area contributed by atoms with Gasteiger partial charge in [-0.25, -0.2) is 4.79 Å².